The van der Waals surface area contributed by atoms with E-state index in [9.17, 15) is 4.79 Å². The summed E-state index contributed by atoms with van der Waals surface area (Å²) in [5, 5.41) is 3.12. The third-order valence-electron chi connectivity index (χ3n) is 5.83. The average Bonchev–Trinajstić information content (AvgIpc) is 2.66. The standard InChI is InChI=1S/C20H33N5O/c1-17-6-5-9-21-19(17)16-24-12-14-25(15-13-24)20(26)22-10-8-18-7-3-4-11-23(18)2/h5-6,9,18H,3-4,7-8,10-16H2,1-2H3,(H,22,26). The van der Waals surface area contributed by atoms with Crippen molar-refractivity contribution in [2.75, 3.05) is 46.3 Å². The molecule has 3 heterocycles. The van der Waals surface area contributed by atoms with Crippen molar-refractivity contribution in [3.8, 4) is 0 Å². The Morgan fingerprint density at radius 2 is 2.04 bits per heavy atom. The molecule has 1 unspecified atom stereocenters. The number of carbonyl (C=O) groups excluding carboxylic acids is 1. The Morgan fingerprint density at radius 1 is 1.23 bits per heavy atom. The topological polar surface area (TPSA) is 51.7 Å². The van der Waals surface area contributed by atoms with Crippen molar-refractivity contribution in [2.24, 2.45) is 0 Å². The van der Waals surface area contributed by atoms with Crippen LogP contribution in [-0.2, 0) is 6.54 Å². The summed E-state index contributed by atoms with van der Waals surface area (Å²) in [6.07, 6.45) is 6.80. The average molecular weight is 360 g/mol. The summed E-state index contributed by atoms with van der Waals surface area (Å²) < 4.78 is 0. The van der Waals surface area contributed by atoms with Crippen LogP contribution in [-0.4, -0.2) is 78.1 Å². The molecule has 0 spiro atoms. The molecule has 2 fully saturated rings. The fourth-order valence-electron chi connectivity index (χ4n) is 3.97. The fourth-order valence-corrected chi connectivity index (χ4v) is 3.97. The summed E-state index contributed by atoms with van der Waals surface area (Å²) in [4.78, 5) is 23.7. The van der Waals surface area contributed by atoms with Gasteiger partial charge >= 0.3 is 6.03 Å². The molecular weight excluding hydrogens is 326 g/mol. The molecule has 6 heteroatoms. The maximum Gasteiger partial charge on any atom is 0.317 e. The predicted molar refractivity (Wildman–Crippen MR) is 104 cm³/mol. The molecule has 0 saturated carbocycles. The molecule has 2 saturated heterocycles. The van der Waals surface area contributed by atoms with Gasteiger partial charge in [0.2, 0.25) is 0 Å². The zero-order valence-electron chi connectivity index (χ0n) is 16.3. The van der Waals surface area contributed by atoms with Crippen LogP contribution in [0.5, 0.6) is 0 Å². The minimum atomic E-state index is 0.0946. The van der Waals surface area contributed by atoms with Gasteiger partial charge in [0.1, 0.15) is 0 Å². The number of hydrogen-bond acceptors (Lipinski definition) is 4. The van der Waals surface area contributed by atoms with Crippen LogP contribution in [0.3, 0.4) is 0 Å². The van der Waals surface area contributed by atoms with E-state index in [0.29, 0.717) is 6.04 Å². The van der Waals surface area contributed by atoms with Gasteiger partial charge in [-0.25, -0.2) is 4.79 Å². The van der Waals surface area contributed by atoms with Gasteiger partial charge in [-0.05, 0) is 51.4 Å². The van der Waals surface area contributed by atoms with E-state index >= 15 is 0 Å². The van der Waals surface area contributed by atoms with Crippen molar-refractivity contribution >= 4 is 6.03 Å². The lowest BCUT2D eigenvalue weighted by atomic mass is 10.0. The number of piperidine rings is 1. The van der Waals surface area contributed by atoms with Crippen molar-refractivity contribution in [3.63, 3.8) is 0 Å². The summed E-state index contributed by atoms with van der Waals surface area (Å²) in [7, 11) is 2.20. The van der Waals surface area contributed by atoms with Crippen molar-refractivity contribution in [2.45, 2.75) is 45.2 Å². The summed E-state index contributed by atoms with van der Waals surface area (Å²) in [6.45, 7) is 8.36. The van der Waals surface area contributed by atoms with Gasteiger partial charge in [-0.3, -0.25) is 9.88 Å². The fraction of sp³-hybridized carbons (Fsp3) is 0.700. The summed E-state index contributed by atoms with van der Waals surface area (Å²) >= 11 is 0. The van der Waals surface area contributed by atoms with E-state index in [1.807, 2.05) is 17.2 Å². The highest BCUT2D eigenvalue weighted by molar-refractivity contribution is 5.74. The molecule has 1 aromatic rings. The first-order valence-electron chi connectivity index (χ1n) is 9.99. The second kappa shape index (κ2) is 9.33. The maximum absolute atomic E-state index is 12.4. The molecule has 26 heavy (non-hydrogen) atoms. The maximum atomic E-state index is 12.4. The van der Waals surface area contributed by atoms with Gasteiger partial charge in [0.25, 0.3) is 0 Å². The normalized spacial score (nSPS) is 22.4. The van der Waals surface area contributed by atoms with Crippen LogP contribution in [0.4, 0.5) is 4.79 Å². The number of pyridine rings is 1. The lowest BCUT2D eigenvalue weighted by Crippen LogP contribution is -2.52. The first kappa shape index (κ1) is 19.1. The Balaban J connectivity index is 1.36. The molecule has 0 bridgehead atoms. The van der Waals surface area contributed by atoms with Crippen LogP contribution in [0.25, 0.3) is 0 Å². The number of aryl methyl sites for hydroxylation is 1. The zero-order valence-corrected chi connectivity index (χ0v) is 16.3. The number of nitrogens with zero attached hydrogens (tertiary/aromatic N) is 4. The number of aromatic nitrogens is 1. The number of hydrogen-bond donors (Lipinski definition) is 1. The Bertz CT molecular complexity index is 585. The number of likely N-dealkylation sites (tertiary alicyclic amines) is 1. The molecule has 2 aliphatic rings. The van der Waals surface area contributed by atoms with Crippen molar-refractivity contribution in [1.82, 2.24) is 25.0 Å². The molecule has 0 radical (unpaired) electrons. The molecule has 1 N–H and O–H groups in total. The third-order valence-corrected chi connectivity index (χ3v) is 5.83. The van der Waals surface area contributed by atoms with Crippen molar-refractivity contribution in [1.29, 1.82) is 0 Å². The van der Waals surface area contributed by atoms with Crippen LogP contribution < -0.4 is 5.32 Å². The third kappa shape index (κ3) is 5.17. The number of piperazine rings is 1. The van der Waals surface area contributed by atoms with E-state index in [0.717, 1.165) is 51.4 Å². The predicted octanol–water partition coefficient (Wildman–Crippen LogP) is 2.09. The number of carbonyl (C=O) groups is 1. The largest absolute Gasteiger partial charge is 0.338 e. The molecule has 1 atom stereocenters. The molecule has 0 aromatic carbocycles. The number of amides is 2. The van der Waals surface area contributed by atoms with Gasteiger partial charge < -0.3 is 15.1 Å². The monoisotopic (exact) mass is 359 g/mol. The second-order valence-electron chi connectivity index (χ2n) is 7.68. The minimum Gasteiger partial charge on any atom is -0.338 e. The zero-order chi connectivity index (χ0) is 18.4. The van der Waals surface area contributed by atoms with Gasteiger partial charge in [-0.1, -0.05) is 12.5 Å². The number of urea groups is 1. The van der Waals surface area contributed by atoms with Crippen LogP contribution in [0.15, 0.2) is 18.3 Å². The highest BCUT2D eigenvalue weighted by Gasteiger charge is 2.22. The van der Waals surface area contributed by atoms with E-state index in [4.69, 9.17) is 0 Å². The minimum absolute atomic E-state index is 0.0946. The molecule has 3 rings (SSSR count). The lowest BCUT2D eigenvalue weighted by molar-refractivity contribution is 0.132. The first-order valence-corrected chi connectivity index (χ1v) is 9.99. The van der Waals surface area contributed by atoms with Crippen LogP contribution >= 0.6 is 0 Å². The van der Waals surface area contributed by atoms with Gasteiger partial charge in [0.15, 0.2) is 0 Å². The highest BCUT2D eigenvalue weighted by atomic mass is 16.2. The van der Waals surface area contributed by atoms with Crippen LogP contribution in [0.1, 0.15) is 36.9 Å². The molecule has 0 aliphatic carbocycles. The van der Waals surface area contributed by atoms with Crippen molar-refractivity contribution < 1.29 is 4.79 Å². The lowest BCUT2D eigenvalue weighted by Gasteiger charge is -2.35. The first-order chi connectivity index (χ1) is 12.6. The van der Waals surface area contributed by atoms with Crippen LogP contribution in [0.2, 0.25) is 0 Å². The Labute approximate surface area is 157 Å². The molecule has 2 aliphatic heterocycles. The smallest absolute Gasteiger partial charge is 0.317 e. The van der Waals surface area contributed by atoms with E-state index in [1.54, 1.807) is 0 Å². The summed E-state index contributed by atoms with van der Waals surface area (Å²) in [5.41, 5.74) is 2.38. The van der Waals surface area contributed by atoms with Gasteiger partial charge in [0, 0.05) is 51.5 Å². The summed E-state index contributed by atoms with van der Waals surface area (Å²) in [5.74, 6) is 0. The quantitative estimate of drug-likeness (QED) is 0.875. The Hall–Kier alpha value is -1.66. The summed E-state index contributed by atoms with van der Waals surface area (Å²) in [6, 6.07) is 4.81. The van der Waals surface area contributed by atoms with Gasteiger partial charge in [-0.2, -0.15) is 0 Å². The molecule has 1 aromatic heterocycles. The molecule has 2 amide bonds. The van der Waals surface area contributed by atoms with Gasteiger partial charge in [-0.15, -0.1) is 0 Å². The van der Waals surface area contributed by atoms with E-state index in [-0.39, 0.29) is 6.03 Å². The highest BCUT2D eigenvalue weighted by Crippen LogP contribution is 2.17. The van der Waals surface area contributed by atoms with E-state index in [1.165, 1.54) is 31.4 Å². The molecule has 6 nitrogen and oxygen atoms in total. The van der Waals surface area contributed by atoms with E-state index in [2.05, 4.69) is 40.1 Å². The molecule has 144 valence electrons. The number of rotatable bonds is 5. The molecular formula is C20H33N5O. The van der Waals surface area contributed by atoms with Crippen molar-refractivity contribution in [3.05, 3.63) is 29.6 Å². The van der Waals surface area contributed by atoms with Gasteiger partial charge in [0.05, 0.1) is 5.69 Å². The Kier molecular flexibility index (Phi) is 6.86. The number of nitrogens with one attached hydrogen (secondary N) is 1. The van der Waals surface area contributed by atoms with E-state index < -0.39 is 0 Å². The van der Waals surface area contributed by atoms with Crippen LogP contribution in [0, 0.1) is 6.92 Å². The SMILES string of the molecule is Cc1cccnc1CN1CCN(C(=O)NCCC2CCCCN2C)CC1. The Morgan fingerprint density at radius 3 is 2.77 bits per heavy atom. The second-order valence-corrected chi connectivity index (χ2v) is 7.68.